The quantitative estimate of drug-likeness (QED) is 0.416. The summed E-state index contributed by atoms with van der Waals surface area (Å²) in [6.45, 7) is 1.36. The second-order valence-electron chi connectivity index (χ2n) is 2.70. The molecule has 14 heavy (non-hydrogen) atoms. The van der Waals surface area contributed by atoms with E-state index in [1.54, 1.807) is 0 Å². The van der Waals surface area contributed by atoms with E-state index in [-0.39, 0.29) is 12.7 Å². The van der Waals surface area contributed by atoms with Gasteiger partial charge in [0.15, 0.2) is 0 Å². The van der Waals surface area contributed by atoms with Crippen molar-refractivity contribution in [2.45, 2.75) is 13.3 Å². The first-order valence-electron chi connectivity index (χ1n) is 4.12. The number of carbonyl (C=O) groups excluding carboxylic acids is 1. The Morgan fingerprint density at radius 2 is 1.93 bits per heavy atom. The van der Waals surface area contributed by atoms with E-state index in [0.717, 1.165) is 0 Å². The van der Waals surface area contributed by atoms with Gasteiger partial charge >= 0.3 is 7.60 Å². The van der Waals surface area contributed by atoms with Gasteiger partial charge in [-0.15, -0.1) is 0 Å². The Bertz CT molecular complexity index is 224. The lowest BCUT2D eigenvalue weighted by Crippen LogP contribution is -2.26. The van der Waals surface area contributed by atoms with Gasteiger partial charge in [-0.3, -0.25) is 14.6 Å². The molecule has 0 unspecified atom stereocenters. The number of hydrogen-bond donors (Lipinski definition) is 1. The highest BCUT2D eigenvalue weighted by Crippen LogP contribution is 2.46. The van der Waals surface area contributed by atoms with Gasteiger partial charge in [-0.2, -0.15) is 0 Å². The van der Waals surface area contributed by atoms with E-state index in [2.05, 4.69) is 9.05 Å². The van der Waals surface area contributed by atoms with E-state index < -0.39 is 13.5 Å². The molecule has 0 aromatic carbocycles. The highest BCUT2D eigenvalue weighted by molar-refractivity contribution is 7.53. The molecule has 0 aromatic heterocycles. The van der Waals surface area contributed by atoms with Crippen LogP contribution in [0.5, 0.6) is 0 Å². The summed E-state index contributed by atoms with van der Waals surface area (Å²) >= 11 is 0. The molecule has 84 valence electrons. The molecule has 0 bridgehead atoms. The molecular formula is C7H16NO5P. The second kappa shape index (κ2) is 6.14. The fourth-order valence-electron chi connectivity index (χ4n) is 0.829. The fraction of sp³-hybridized carbons (Fsp3) is 0.857. The van der Waals surface area contributed by atoms with Crippen molar-refractivity contribution in [1.29, 1.82) is 0 Å². The number of carbonyl (C=O) groups is 1. The lowest BCUT2D eigenvalue weighted by molar-refractivity contribution is -0.162. The number of nitrogens with zero attached hydrogens (tertiary/aromatic N) is 1. The van der Waals surface area contributed by atoms with Crippen LogP contribution >= 0.6 is 7.60 Å². The van der Waals surface area contributed by atoms with Gasteiger partial charge in [-0.25, -0.2) is 5.06 Å². The van der Waals surface area contributed by atoms with Crippen molar-refractivity contribution in [3.63, 3.8) is 0 Å². The van der Waals surface area contributed by atoms with Crippen LogP contribution in [0.25, 0.3) is 0 Å². The second-order valence-corrected chi connectivity index (χ2v) is 5.09. The molecule has 0 atom stereocenters. The topological polar surface area (TPSA) is 76.1 Å². The molecule has 7 heteroatoms. The molecule has 1 amide bonds. The molecule has 0 spiro atoms. The van der Waals surface area contributed by atoms with Crippen LogP contribution in [0.1, 0.15) is 13.3 Å². The molecular weight excluding hydrogens is 209 g/mol. The van der Waals surface area contributed by atoms with Gasteiger partial charge < -0.3 is 9.05 Å². The molecule has 0 aliphatic carbocycles. The maximum atomic E-state index is 11.5. The van der Waals surface area contributed by atoms with Gasteiger partial charge in [0.2, 0.25) is 5.91 Å². The van der Waals surface area contributed by atoms with Crippen molar-refractivity contribution in [1.82, 2.24) is 5.06 Å². The Labute approximate surface area is 83.3 Å². The minimum absolute atomic E-state index is 0.117. The van der Waals surface area contributed by atoms with E-state index in [0.29, 0.717) is 11.5 Å². The first-order chi connectivity index (χ1) is 6.45. The van der Waals surface area contributed by atoms with Crippen molar-refractivity contribution in [3.8, 4) is 0 Å². The Kier molecular flexibility index (Phi) is 5.95. The van der Waals surface area contributed by atoms with E-state index in [4.69, 9.17) is 5.21 Å². The summed E-state index contributed by atoms with van der Waals surface area (Å²) in [5.41, 5.74) is 0. The minimum atomic E-state index is -3.02. The Balaban J connectivity index is 3.84. The van der Waals surface area contributed by atoms with Crippen LogP contribution in [0.3, 0.4) is 0 Å². The fourth-order valence-corrected chi connectivity index (χ4v) is 1.87. The molecule has 0 aromatic rings. The van der Waals surface area contributed by atoms with Crippen LogP contribution in [0, 0.1) is 0 Å². The average molecular weight is 225 g/mol. The van der Waals surface area contributed by atoms with Gasteiger partial charge in [0.1, 0.15) is 0 Å². The number of rotatable bonds is 6. The SMILES string of the molecule is COP(=O)(CCCN(O)C(C)=O)OC. The molecule has 0 rings (SSSR count). The normalized spacial score (nSPS) is 11.4. The summed E-state index contributed by atoms with van der Waals surface area (Å²) in [6.07, 6.45) is 0.527. The molecule has 0 radical (unpaired) electrons. The Morgan fingerprint density at radius 3 is 2.29 bits per heavy atom. The number of amides is 1. The van der Waals surface area contributed by atoms with E-state index >= 15 is 0 Å². The standard InChI is InChI=1S/C7H16NO5P/c1-7(9)8(10)5-4-6-14(11,12-2)13-3/h10H,4-6H2,1-3H3. The van der Waals surface area contributed by atoms with Crippen LogP contribution < -0.4 is 0 Å². The summed E-state index contributed by atoms with van der Waals surface area (Å²) < 4.78 is 20.8. The van der Waals surface area contributed by atoms with Gasteiger partial charge in [0.25, 0.3) is 0 Å². The van der Waals surface area contributed by atoms with Gasteiger partial charge in [0, 0.05) is 27.7 Å². The zero-order valence-corrected chi connectivity index (χ0v) is 9.49. The van der Waals surface area contributed by atoms with Crippen LogP contribution in [-0.2, 0) is 18.4 Å². The zero-order valence-electron chi connectivity index (χ0n) is 8.60. The molecule has 1 N–H and O–H groups in total. The zero-order chi connectivity index (χ0) is 11.2. The molecule has 0 aliphatic rings. The minimum Gasteiger partial charge on any atom is -0.312 e. The monoisotopic (exact) mass is 225 g/mol. The average Bonchev–Trinajstić information content (AvgIpc) is 2.17. The van der Waals surface area contributed by atoms with Crippen molar-refractivity contribution >= 4 is 13.5 Å². The summed E-state index contributed by atoms with van der Waals surface area (Å²) in [5.74, 6) is -0.449. The first-order valence-corrected chi connectivity index (χ1v) is 5.85. The van der Waals surface area contributed by atoms with Crippen molar-refractivity contribution in [2.75, 3.05) is 26.9 Å². The molecule has 0 aliphatic heterocycles. The van der Waals surface area contributed by atoms with E-state index in [1.807, 2.05) is 0 Å². The van der Waals surface area contributed by atoms with Crippen molar-refractivity contribution in [3.05, 3.63) is 0 Å². The summed E-state index contributed by atoms with van der Waals surface area (Å²) in [6, 6.07) is 0. The predicted octanol–water partition coefficient (Wildman–Crippen LogP) is 1.10. The molecule has 0 saturated heterocycles. The highest BCUT2D eigenvalue weighted by atomic mass is 31.2. The van der Waals surface area contributed by atoms with E-state index in [1.165, 1.54) is 21.1 Å². The molecule has 6 nitrogen and oxygen atoms in total. The van der Waals surface area contributed by atoms with Crippen LogP contribution in [0.4, 0.5) is 0 Å². The van der Waals surface area contributed by atoms with Crippen LogP contribution in [-0.4, -0.2) is 43.1 Å². The third kappa shape index (κ3) is 4.72. The number of hydrogen-bond acceptors (Lipinski definition) is 5. The first kappa shape index (κ1) is 13.6. The summed E-state index contributed by atoms with van der Waals surface area (Å²) in [4.78, 5) is 10.6. The Morgan fingerprint density at radius 1 is 1.43 bits per heavy atom. The lowest BCUT2D eigenvalue weighted by atomic mass is 10.4. The van der Waals surface area contributed by atoms with Crippen LogP contribution in [0.15, 0.2) is 0 Å². The van der Waals surface area contributed by atoms with Crippen molar-refractivity contribution < 1.29 is 23.6 Å². The van der Waals surface area contributed by atoms with E-state index in [9.17, 15) is 9.36 Å². The third-order valence-electron chi connectivity index (χ3n) is 1.72. The maximum Gasteiger partial charge on any atom is 0.330 e. The lowest BCUT2D eigenvalue weighted by Gasteiger charge is -2.15. The molecule has 0 fully saturated rings. The van der Waals surface area contributed by atoms with Gasteiger partial charge in [-0.05, 0) is 6.42 Å². The van der Waals surface area contributed by atoms with Crippen molar-refractivity contribution in [2.24, 2.45) is 0 Å². The highest BCUT2D eigenvalue weighted by Gasteiger charge is 2.20. The predicted molar refractivity (Wildman–Crippen MR) is 50.3 cm³/mol. The summed E-state index contributed by atoms with van der Waals surface area (Å²) in [7, 11) is -0.421. The molecule has 0 saturated carbocycles. The largest absolute Gasteiger partial charge is 0.330 e. The third-order valence-corrected chi connectivity index (χ3v) is 3.70. The Hall–Kier alpha value is -0.420. The van der Waals surface area contributed by atoms with Gasteiger partial charge in [0.05, 0.1) is 6.16 Å². The number of hydroxylamine groups is 2. The van der Waals surface area contributed by atoms with Gasteiger partial charge in [-0.1, -0.05) is 0 Å². The maximum absolute atomic E-state index is 11.5. The summed E-state index contributed by atoms with van der Waals surface area (Å²) in [5, 5.41) is 9.55. The van der Waals surface area contributed by atoms with Crippen LogP contribution in [0.2, 0.25) is 0 Å². The smallest absolute Gasteiger partial charge is 0.312 e. The molecule has 0 heterocycles.